The fourth-order valence-corrected chi connectivity index (χ4v) is 4.18. The van der Waals surface area contributed by atoms with E-state index < -0.39 is 12.0 Å². The summed E-state index contributed by atoms with van der Waals surface area (Å²) in [6, 6.07) is 21.9. The fourth-order valence-electron chi connectivity index (χ4n) is 4.18. The van der Waals surface area contributed by atoms with Gasteiger partial charge in [-0.05, 0) is 41.3 Å². The maximum absolute atomic E-state index is 11.9. The molecule has 0 aliphatic carbocycles. The third-order valence-corrected chi connectivity index (χ3v) is 5.43. The lowest BCUT2D eigenvalue weighted by molar-refractivity contribution is -0.142. The average Bonchev–Trinajstić information content (AvgIpc) is 3.18. The summed E-state index contributed by atoms with van der Waals surface area (Å²) < 4.78 is 5.62. The van der Waals surface area contributed by atoms with Crippen molar-refractivity contribution >= 4 is 16.7 Å². The first-order valence-electron chi connectivity index (χ1n) is 9.29. The Hall–Kier alpha value is -2.85. The van der Waals surface area contributed by atoms with Gasteiger partial charge in [-0.1, -0.05) is 54.6 Å². The zero-order valence-corrected chi connectivity index (χ0v) is 15.3. The van der Waals surface area contributed by atoms with Crippen molar-refractivity contribution in [3.8, 4) is 5.75 Å². The molecule has 2 unspecified atom stereocenters. The van der Waals surface area contributed by atoms with Crippen LogP contribution in [0.25, 0.3) is 10.8 Å². The van der Waals surface area contributed by atoms with Crippen molar-refractivity contribution in [2.45, 2.75) is 24.9 Å². The monoisotopic (exact) mass is 361 g/mol. The lowest BCUT2D eigenvalue weighted by atomic mass is 9.93. The van der Waals surface area contributed by atoms with Gasteiger partial charge in [-0.3, -0.25) is 9.69 Å². The van der Waals surface area contributed by atoms with Gasteiger partial charge in [0.1, 0.15) is 11.8 Å². The van der Waals surface area contributed by atoms with Crippen molar-refractivity contribution in [3.63, 3.8) is 0 Å². The molecule has 3 aromatic rings. The highest BCUT2D eigenvalue weighted by Crippen LogP contribution is 2.39. The number of likely N-dealkylation sites (tertiary alicyclic amines) is 1. The molecule has 1 fully saturated rings. The minimum atomic E-state index is -0.756. The van der Waals surface area contributed by atoms with Gasteiger partial charge in [0.25, 0.3) is 0 Å². The van der Waals surface area contributed by atoms with E-state index in [1.165, 1.54) is 5.39 Å². The number of aliphatic carboxylic acids is 1. The number of carboxylic acids is 1. The molecule has 0 spiro atoms. The second-order valence-corrected chi connectivity index (χ2v) is 6.99. The largest absolute Gasteiger partial charge is 0.496 e. The van der Waals surface area contributed by atoms with Gasteiger partial charge in [-0.2, -0.15) is 0 Å². The number of fused-ring (bicyclic) bond motifs is 1. The second-order valence-electron chi connectivity index (χ2n) is 6.99. The van der Waals surface area contributed by atoms with Gasteiger partial charge in [0.15, 0.2) is 0 Å². The van der Waals surface area contributed by atoms with Crippen LogP contribution in [0, 0.1) is 0 Å². The van der Waals surface area contributed by atoms with Crippen LogP contribution in [0.5, 0.6) is 5.75 Å². The molecular formula is C23H23NO3. The first kappa shape index (κ1) is 17.6. The number of hydrogen-bond donors (Lipinski definition) is 1. The molecule has 1 saturated heterocycles. The van der Waals surface area contributed by atoms with E-state index in [0.717, 1.165) is 35.2 Å². The van der Waals surface area contributed by atoms with E-state index in [2.05, 4.69) is 35.2 Å². The number of methoxy groups -OCH3 is 1. The number of rotatable bonds is 5. The summed E-state index contributed by atoms with van der Waals surface area (Å²) in [7, 11) is 1.66. The Bertz CT molecular complexity index is 969. The van der Waals surface area contributed by atoms with Gasteiger partial charge >= 0.3 is 5.97 Å². The molecule has 2 atom stereocenters. The number of benzene rings is 3. The van der Waals surface area contributed by atoms with Crippen LogP contribution in [0.1, 0.15) is 30.0 Å². The van der Waals surface area contributed by atoms with Crippen molar-refractivity contribution in [1.82, 2.24) is 4.90 Å². The Labute approximate surface area is 159 Å². The number of carboxylic acid groups (broad SMARTS) is 1. The fraction of sp³-hybridized carbons (Fsp3) is 0.261. The molecule has 1 aliphatic rings. The Balaban J connectivity index is 1.88. The van der Waals surface area contributed by atoms with Crippen LogP contribution in [0.3, 0.4) is 0 Å². The van der Waals surface area contributed by atoms with Crippen molar-refractivity contribution in [3.05, 3.63) is 77.9 Å². The summed E-state index contributed by atoms with van der Waals surface area (Å²) >= 11 is 0. The maximum Gasteiger partial charge on any atom is 0.320 e. The third-order valence-electron chi connectivity index (χ3n) is 5.43. The van der Waals surface area contributed by atoms with Gasteiger partial charge < -0.3 is 9.84 Å². The SMILES string of the molecule is COc1ccccc1C(c1ccc2ccccc2c1)N1CCCC1C(=O)O. The first-order chi connectivity index (χ1) is 13.2. The average molecular weight is 361 g/mol. The van der Waals surface area contributed by atoms with Crippen LogP contribution in [0.15, 0.2) is 66.7 Å². The third kappa shape index (κ3) is 3.28. The molecular weight excluding hydrogens is 338 g/mol. The Morgan fingerprint density at radius 1 is 1.07 bits per heavy atom. The molecule has 0 aromatic heterocycles. The van der Waals surface area contributed by atoms with Crippen LogP contribution in [-0.4, -0.2) is 35.7 Å². The smallest absolute Gasteiger partial charge is 0.320 e. The Morgan fingerprint density at radius 3 is 2.59 bits per heavy atom. The number of para-hydroxylation sites is 1. The molecule has 1 heterocycles. The minimum Gasteiger partial charge on any atom is -0.496 e. The number of hydrogen-bond acceptors (Lipinski definition) is 3. The molecule has 0 bridgehead atoms. The van der Waals surface area contributed by atoms with Gasteiger partial charge in [0.05, 0.1) is 13.2 Å². The highest BCUT2D eigenvalue weighted by Gasteiger charge is 2.37. The number of ether oxygens (including phenoxy) is 1. The minimum absolute atomic E-state index is 0.158. The van der Waals surface area contributed by atoms with Crippen molar-refractivity contribution in [1.29, 1.82) is 0 Å². The number of nitrogens with zero attached hydrogens (tertiary/aromatic N) is 1. The number of carbonyl (C=O) groups is 1. The van der Waals surface area contributed by atoms with E-state index >= 15 is 0 Å². The molecule has 1 aliphatic heterocycles. The summed E-state index contributed by atoms with van der Waals surface area (Å²) in [5, 5.41) is 12.1. The molecule has 4 rings (SSSR count). The summed E-state index contributed by atoms with van der Waals surface area (Å²) in [5.41, 5.74) is 2.09. The Kier molecular flexibility index (Phi) is 4.82. The summed E-state index contributed by atoms with van der Waals surface area (Å²) in [5.74, 6) is 0.0277. The van der Waals surface area contributed by atoms with Crippen molar-refractivity contribution < 1.29 is 14.6 Å². The van der Waals surface area contributed by atoms with Gasteiger partial charge in [-0.15, -0.1) is 0 Å². The standard InChI is InChI=1S/C23H23NO3/c1-27-21-11-5-4-9-19(21)22(24-14-6-10-20(24)23(25)26)18-13-12-16-7-2-3-8-17(16)15-18/h2-5,7-9,11-13,15,20,22H,6,10,14H2,1H3,(H,25,26). The summed E-state index contributed by atoms with van der Waals surface area (Å²) in [6.07, 6.45) is 1.56. The molecule has 4 heteroatoms. The van der Waals surface area contributed by atoms with E-state index in [4.69, 9.17) is 4.74 Å². The Morgan fingerprint density at radius 2 is 1.81 bits per heavy atom. The molecule has 1 N–H and O–H groups in total. The molecule has 3 aromatic carbocycles. The van der Waals surface area contributed by atoms with Crippen LogP contribution in [0.2, 0.25) is 0 Å². The molecule has 0 radical (unpaired) electrons. The van der Waals surface area contributed by atoms with Crippen molar-refractivity contribution in [2.75, 3.05) is 13.7 Å². The van der Waals surface area contributed by atoms with Gasteiger partial charge in [-0.25, -0.2) is 0 Å². The highest BCUT2D eigenvalue weighted by molar-refractivity contribution is 5.83. The molecule has 0 saturated carbocycles. The van der Waals surface area contributed by atoms with E-state index in [-0.39, 0.29) is 6.04 Å². The molecule has 0 amide bonds. The predicted molar refractivity (Wildman–Crippen MR) is 106 cm³/mol. The summed E-state index contributed by atoms with van der Waals surface area (Å²) in [6.45, 7) is 0.756. The van der Waals surface area contributed by atoms with E-state index in [1.54, 1.807) is 7.11 Å². The highest BCUT2D eigenvalue weighted by atomic mass is 16.5. The summed E-state index contributed by atoms with van der Waals surface area (Å²) in [4.78, 5) is 14.0. The van der Waals surface area contributed by atoms with Crippen LogP contribution < -0.4 is 4.74 Å². The lowest BCUT2D eigenvalue weighted by Gasteiger charge is -2.33. The molecule has 138 valence electrons. The van der Waals surface area contributed by atoms with E-state index in [1.807, 2.05) is 36.4 Å². The lowest BCUT2D eigenvalue weighted by Crippen LogP contribution is -2.39. The van der Waals surface area contributed by atoms with Crippen LogP contribution in [0.4, 0.5) is 0 Å². The normalized spacial score (nSPS) is 18.5. The molecule has 27 heavy (non-hydrogen) atoms. The van der Waals surface area contributed by atoms with Crippen molar-refractivity contribution in [2.24, 2.45) is 0 Å². The zero-order chi connectivity index (χ0) is 18.8. The second kappa shape index (κ2) is 7.41. The maximum atomic E-state index is 11.9. The quantitative estimate of drug-likeness (QED) is 0.728. The first-order valence-corrected chi connectivity index (χ1v) is 9.29. The van der Waals surface area contributed by atoms with Gasteiger partial charge in [0, 0.05) is 12.1 Å². The van der Waals surface area contributed by atoms with Crippen LogP contribution in [-0.2, 0) is 4.79 Å². The molecule has 4 nitrogen and oxygen atoms in total. The predicted octanol–water partition coefficient (Wildman–Crippen LogP) is 4.49. The zero-order valence-electron chi connectivity index (χ0n) is 15.3. The van der Waals surface area contributed by atoms with E-state index in [0.29, 0.717) is 6.42 Å². The van der Waals surface area contributed by atoms with E-state index in [9.17, 15) is 9.90 Å². The van der Waals surface area contributed by atoms with Crippen LogP contribution >= 0.6 is 0 Å². The van der Waals surface area contributed by atoms with Gasteiger partial charge in [0.2, 0.25) is 0 Å². The topological polar surface area (TPSA) is 49.8 Å².